The molecule has 3 rings (SSSR count). The molecule has 26 heavy (non-hydrogen) atoms. The Kier molecular flexibility index (Phi) is 5.74. The molecule has 0 aromatic heterocycles. The van der Waals surface area contributed by atoms with Crippen molar-refractivity contribution >= 4 is 15.9 Å². The van der Waals surface area contributed by atoms with Gasteiger partial charge in [-0.15, -0.1) is 0 Å². The summed E-state index contributed by atoms with van der Waals surface area (Å²) in [4.78, 5) is 14.6. The topological polar surface area (TPSA) is 66.5 Å². The summed E-state index contributed by atoms with van der Waals surface area (Å²) in [5.41, 5.74) is 2.16. The first-order valence-corrected chi connectivity index (χ1v) is 10.3. The van der Waals surface area contributed by atoms with Crippen molar-refractivity contribution in [3.8, 4) is 0 Å². The van der Waals surface area contributed by atoms with Crippen LogP contribution in [0.1, 0.15) is 24.0 Å². The first kappa shape index (κ1) is 18.6. The van der Waals surface area contributed by atoms with E-state index in [9.17, 15) is 13.2 Å². The van der Waals surface area contributed by atoms with Gasteiger partial charge in [-0.25, -0.2) is 13.1 Å². The molecule has 0 aliphatic carbocycles. The van der Waals surface area contributed by atoms with Crippen molar-refractivity contribution in [3.63, 3.8) is 0 Å². The van der Waals surface area contributed by atoms with E-state index in [1.807, 2.05) is 36.1 Å². The molecule has 138 valence electrons. The van der Waals surface area contributed by atoms with Crippen molar-refractivity contribution in [1.82, 2.24) is 9.62 Å². The minimum Gasteiger partial charge on any atom is -0.342 e. The van der Waals surface area contributed by atoms with Crippen LogP contribution in [0.4, 0.5) is 0 Å². The maximum atomic E-state index is 12.5. The highest BCUT2D eigenvalue weighted by molar-refractivity contribution is 7.89. The maximum Gasteiger partial charge on any atom is 0.240 e. The number of piperidine rings is 1. The van der Waals surface area contributed by atoms with Gasteiger partial charge in [0.2, 0.25) is 15.9 Å². The highest BCUT2D eigenvalue weighted by atomic mass is 32.2. The van der Waals surface area contributed by atoms with Gasteiger partial charge in [0, 0.05) is 19.1 Å². The number of nitrogens with zero attached hydrogens (tertiary/aromatic N) is 1. The first-order valence-electron chi connectivity index (χ1n) is 8.85. The van der Waals surface area contributed by atoms with E-state index >= 15 is 0 Å². The Labute approximate surface area is 155 Å². The Morgan fingerprint density at radius 1 is 1.04 bits per heavy atom. The lowest BCUT2D eigenvalue weighted by molar-refractivity contribution is -0.131. The number of hydrogen-bond acceptors (Lipinski definition) is 3. The number of nitrogens with one attached hydrogen (secondary N) is 1. The van der Waals surface area contributed by atoms with E-state index in [0.717, 1.165) is 11.1 Å². The zero-order valence-electron chi connectivity index (χ0n) is 14.9. The molecular formula is C20H24N2O3S. The van der Waals surface area contributed by atoms with Gasteiger partial charge in [-0.1, -0.05) is 42.5 Å². The molecule has 2 aromatic carbocycles. The molecule has 6 heteroatoms. The summed E-state index contributed by atoms with van der Waals surface area (Å²) in [6.45, 7) is 3.16. The Hall–Kier alpha value is -2.18. The van der Waals surface area contributed by atoms with Crippen LogP contribution in [0, 0.1) is 6.92 Å². The average molecular weight is 372 g/mol. The quantitative estimate of drug-likeness (QED) is 0.877. The lowest BCUT2D eigenvalue weighted by Gasteiger charge is -2.32. The van der Waals surface area contributed by atoms with Crippen LogP contribution < -0.4 is 4.72 Å². The normalized spacial score (nSPS) is 15.8. The fraction of sp³-hybridized carbons (Fsp3) is 0.350. The summed E-state index contributed by atoms with van der Waals surface area (Å²) in [6, 6.07) is 16.1. The number of carbonyl (C=O) groups excluding carboxylic acids is 1. The third-order valence-electron chi connectivity index (χ3n) is 4.83. The van der Waals surface area contributed by atoms with Gasteiger partial charge >= 0.3 is 0 Å². The third-order valence-corrected chi connectivity index (χ3v) is 6.36. The van der Waals surface area contributed by atoms with E-state index in [2.05, 4.69) is 4.72 Å². The van der Waals surface area contributed by atoms with Gasteiger partial charge < -0.3 is 4.90 Å². The third kappa shape index (κ3) is 4.51. The zero-order chi connectivity index (χ0) is 18.6. The largest absolute Gasteiger partial charge is 0.342 e. The number of benzene rings is 2. The Morgan fingerprint density at radius 2 is 1.65 bits per heavy atom. The second kappa shape index (κ2) is 8.01. The minimum absolute atomic E-state index is 0.101. The summed E-state index contributed by atoms with van der Waals surface area (Å²) in [5, 5.41) is 0. The fourth-order valence-electron chi connectivity index (χ4n) is 3.22. The molecule has 0 saturated carbocycles. The summed E-state index contributed by atoms with van der Waals surface area (Å²) < 4.78 is 27.6. The van der Waals surface area contributed by atoms with Gasteiger partial charge in [-0.05, 0) is 43.0 Å². The lowest BCUT2D eigenvalue weighted by atomic mass is 10.0. The number of rotatable bonds is 5. The van der Waals surface area contributed by atoms with Crippen LogP contribution in [0.15, 0.2) is 59.5 Å². The van der Waals surface area contributed by atoms with Gasteiger partial charge in [0.1, 0.15) is 0 Å². The summed E-state index contributed by atoms with van der Waals surface area (Å²) in [5.74, 6) is 0.101. The van der Waals surface area contributed by atoms with Crippen molar-refractivity contribution in [1.29, 1.82) is 0 Å². The second-order valence-corrected chi connectivity index (χ2v) is 8.41. The molecule has 5 nitrogen and oxygen atoms in total. The molecule has 1 aliphatic rings. The average Bonchev–Trinajstić information content (AvgIpc) is 2.64. The second-order valence-electron chi connectivity index (χ2n) is 6.69. The summed E-state index contributed by atoms with van der Waals surface area (Å²) in [6.07, 6.45) is 1.66. The van der Waals surface area contributed by atoms with Crippen molar-refractivity contribution in [2.45, 2.75) is 37.1 Å². The van der Waals surface area contributed by atoms with Gasteiger partial charge in [0.15, 0.2) is 0 Å². The van der Waals surface area contributed by atoms with Gasteiger partial charge in [0.25, 0.3) is 0 Å². The fourth-order valence-corrected chi connectivity index (χ4v) is 4.54. The van der Waals surface area contributed by atoms with Crippen molar-refractivity contribution in [2.24, 2.45) is 0 Å². The Balaban J connectivity index is 1.54. The Morgan fingerprint density at radius 3 is 2.31 bits per heavy atom. The molecule has 1 N–H and O–H groups in total. The molecule has 1 aliphatic heterocycles. The summed E-state index contributed by atoms with van der Waals surface area (Å²) >= 11 is 0. The standard InChI is InChI=1S/C20H24N2O3S/c1-16-7-5-6-8-17(16)15-20(23)22-13-11-18(12-14-22)21-26(24,25)19-9-3-2-4-10-19/h2-10,18,21H,11-15H2,1H3. The van der Waals surface area contributed by atoms with Crippen LogP contribution in [0.2, 0.25) is 0 Å². The number of aryl methyl sites for hydroxylation is 1. The van der Waals surface area contributed by atoms with E-state index < -0.39 is 10.0 Å². The van der Waals surface area contributed by atoms with Crippen LogP contribution in [0.25, 0.3) is 0 Å². The van der Waals surface area contributed by atoms with Crippen molar-refractivity contribution in [2.75, 3.05) is 13.1 Å². The van der Waals surface area contributed by atoms with Crippen LogP contribution in [-0.2, 0) is 21.2 Å². The van der Waals surface area contributed by atoms with Crippen LogP contribution in [0.3, 0.4) is 0 Å². The minimum atomic E-state index is -3.51. The maximum absolute atomic E-state index is 12.5. The van der Waals surface area contributed by atoms with Gasteiger partial charge in [0.05, 0.1) is 11.3 Å². The number of amides is 1. The van der Waals surface area contributed by atoms with Crippen LogP contribution in [0.5, 0.6) is 0 Å². The monoisotopic (exact) mass is 372 g/mol. The van der Waals surface area contributed by atoms with Crippen molar-refractivity contribution in [3.05, 3.63) is 65.7 Å². The number of hydrogen-bond donors (Lipinski definition) is 1. The highest BCUT2D eigenvalue weighted by Crippen LogP contribution is 2.17. The van der Waals surface area contributed by atoms with Crippen LogP contribution in [-0.4, -0.2) is 38.4 Å². The zero-order valence-corrected chi connectivity index (χ0v) is 15.7. The molecule has 0 unspecified atom stereocenters. The molecule has 0 atom stereocenters. The molecule has 0 bridgehead atoms. The molecule has 1 saturated heterocycles. The van der Waals surface area contributed by atoms with E-state index in [1.165, 1.54) is 0 Å². The number of carbonyl (C=O) groups is 1. The lowest BCUT2D eigenvalue weighted by Crippen LogP contribution is -2.46. The van der Waals surface area contributed by atoms with E-state index in [-0.39, 0.29) is 16.8 Å². The molecule has 1 amide bonds. The number of likely N-dealkylation sites (tertiary alicyclic amines) is 1. The highest BCUT2D eigenvalue weighted by Gasteiger charge is 2.26. The molecule has 1 heterocycles. The van der Waals surface area contributed by atoms with E-state index in [4.69, 9.17) is 0 Å². The summed E-state index contributed by atoms with van der Waals surface area (Å²) in [7, 11) is -3.51. The van der Waals surface area contributed by atoms with Crippen molar-refractivity contribution < 1.29 is 13.2 Å². The smallest absolute Gasteiger partial charge is 0.240 e. The van der Waals surface area contributed by atoms with Gasteiger partial charge in [-0.2, -0.15) is 0 Å². The van der Waals surface area contributed by atoms with E-state index in [0.29, 0.717) is 32.4 Å². The SMILES string of the molecule is Cc1ccccc1CC(=O)N1CCC(NS(=O)(=O)c2ccccc2)CC1. The number of sulfonamides is 1. The van der Waals surface area contributed by atoms with Crippen LogP contribution >= 0.6 is 0 Å². The first-order chi connectivity index (χ1) is 12.5. The van der Waals surface area contributed by atoms with Gasteiger partial charge in [-0.3, -0.25) is 4.79 Å². The molecule has 1 fully saturated rings. The molecule has 0 spiro atoms. The predicted molar refractivity (Wildman–Crippen MR) is 101 cm³/mol. The van der Waals surface area contributed by atoms with E-state index in [1.54, 1.807) is 30.3 Å². The predicted octanol–water partition coefficient (Wildman–Crippen LogP) is 2.51. The molecule has 2 aromatic rings. The molecule has 0 radical (unpaired) electrons. The Bertz CT molecular complexity index is 858. The molecular weight excluding hydrogens is 348 g/mol.